The molecule has 2 fully saturated rings. The Balaban J connectivity index is 1.50. The molecule has 0 radical (unpaired) electrons. The number of hydrogen-bond acceptors (Lipinski definition) is 6. The number of nitrogens with one attached hydrogen (secondary N) is 1. The quantitative estimate of drug-likeness (QED) is 0.664. The lowest BCUT2D eigenvalue weighted by molar-refractivity contribution is -0.123. The fourth-order valence-electron chi connectivity index (χ4n) is 4.10. The molecule has 1 amide bonds. The summed E-state index contributed by atoms with van der Waals surface area (Å²) in [6.07, 6.45) is 0.619. The Labute approximate surface area is 187 Å². The van der Waals surface area contributed by atoms with Crippen molar-refractivity contribution in [2.75, 3.05) is 13.2 Å². The van der Waals surface area contributed by atoms with Crippen LogP contribution in [0.2, 0.25) is 0 Å². The van der Waals surface area contributed by atoms with Crippen molar-refractivity contribution in [2.45, 2.75) is 44.2 Å². The minimum Gasteiger partial charge on any atom is -0.389 e. The Morgan fingerprint density at radius 1 is 1.06 bits per heavy atom. The van der Waals surface area contributed by atoms with Crippen molar-refractivity contribution < 1.29 is 14.6 Å². The SMILES string of the molecule is N#Cc1cccc(CN(Cc2cccc(C#N)c2)C2COC(CNC(=O)C3CC3)C2O)c1. The van der Waals surface area contributed by atoms with E-state index in [0.717, 1.165) is 24.0 Å². The molecule has 1 aliphatic heterocycles. The number of nitrogens with zero attached hydrogens (tertiary/aromatic N) is 3. The van der Waals surface area contributed by atoms with Crippen LogP contribution in [-0.4, -0.2) is 47.3 Å². The second-order valence-corrected chi connectivity index (χ2v) is 8.48. The van der Waals surface area contributed by atoms with Crippen molar-refractivity contribution in [3.05, 3.63) is 70.8 Å². The molecule has 1 aliphatic carbocycles. The van der Waals surface area contributed by atoms with Crippen LogP contribution in [0.4, 0.5) is 0 Å². The van der Waals surface area contributed by atoms with E-state index in [-0.39, 0.29) is 24.4 Å². The largest absolute Gasteiger partial charge is 0.389 e. The van der Waals surface area contributed by atoms with Gasteiger partial charge in [-0.15, -0.1) is 0 Å². The minimum absolute atomic E-state index is 0.0303. The molecule has 3 unspecified atom stereocenters. The molecule has 2 aliphatic rings. The summed E-state index contributed by atoms with van der Waals surface area (Å²) in [6, 6.07) is 18.8. The normalized spacial score (nSPS) is 22.3. The van der Waals surface area contributed by atoms with Crippen LogP contribution in [0.1, 0.15) is 35.1 Å². The van der Waals surface area contributed by atoms with E-state index in [1.165, 1.54) is 0 Å². The van der Waals surface area contributed by atoms with Crippen LogP contribution in [-0.2, 0) is 22.6 Å². The van der Waals surface area contributed by atoms with Gasteiger partial charge in [-0.2, -0.15) is 10.5 Å². The lowest BCUT2D eigenvalue weighted by atomic mass is 10.0. The van der Waals surface area contributed by atoms with Gasteiger partial charge in [0.25, 0.3) is 0 Å². The Hall–Kier alpha value is -3.23. The molecule has 7 heteroatoms. The molecule has 0 spiro atoms. The molecule has 0 aromatic heterocycles. The van der Waals surface area contributed by atoms with Crippen LogP contribution in [0.25, 0.3) is 0 Å². The van der Waals surface area contributed by atoms with Crippen LogP contribution in [0, 0.1) is 28.6 Å². The fraction of sp³-hybridized carbons (Fsp3) is 0.400. The molecule has 4 rings (SSSR count). The molecule has 32 heavy (non-hydrogen) atoms. The van der Waals surface area contributed by atoms with E-state index in [4.69, 9.17) is 4.74 Å². The van der Waals surface area contributed by atoms with Crippen LogP contribution < -0.4 is 5.32 Å². The standard InChI is InChI=1S/C25H26N4O3/c26-11-17-3-1-5-19(9-17)14-29(15-20-6-2-4-18(10-20)12-27)22-16-32-23(24(22)30)13-28-25(31)21-7-8-21/h1-6,9-10,21-24,30H,7-8,13-16H2,(H,28,31). The Morgan fingerprint density at radius 2 is 1.66 bits per heavy atom. The molecule has 1 saturated heterocycles. The smallest absolute Gasteiger partial charge is 0.223 e. The van der Waals surface area contributed by atoms with E-state index in [2.05, 4.69) is 22.4 Å². The van der Waals surface area contributed by atoms with Gasteiger partial charge in [0.2, 0.25) is 5.91 Å². The van der Waals surface area contributed by atoms with Crippen molar-refractivity contribution >= 4 is 5.91 Å². The maximum Gasteiger partial charge on any atom is 0.223 e. The molecular weight excluding hydrogens is 404 g/mol. The minimum atomic E-state index is -0.771. The van der Waals surface area contributed by atoms with E-state index in [0.29, 0.717) is 30.8 Å². The molecule has 164 valence electrons. The van der Waals surface area contributed by atoms with Crippen LogP contribution >= 0.6 is 0 Å². The molecule has 0 bridgehead atoms. The summed E-state index contributed by atoms with van der Waals surface area (Å²) in [4.78, 5) is 14.1. The van der Waals surface area contributed by atoms with Gasteiger partial charge in [0.05, 0.1) is 42.0 Å². The zero-order valence-corrected chi connectivity index (χ0v) is 17.8. The molecular formula is C25H26N4O3. The van der Waals surface area contributed by atoms with Gasteiger partial charge in [0, 0.05) is 25.6 Å². The third-order valence-electron chi connectivity index (χ3n) is 6.03. The van der Waals surface area contributed by atoms with Crippen molar-refractivity contribution in [1.82, 2.24) is 10.2 Å². The summed E-state index contributed by atoms with van der Waals surface area (Å²) >= 11 is 0. The first-order valence-corrected chi connectivity index (χ1v) is 10.9. The number of rotatable bonds is 8. The summed E-state index contributed by atoms with van der Waals surface area (Å²) in [6.45, 7) is 1.65. The zero-order valence-electron chi connectivity index (χ0n) is 17.8. The highest BCUT2D eigenvalue weighted by molar-refractivity contribution is 5.80. The summed E-state index contributed by atoms with van der Waals surface area (Å²) in [5, 5.41) is 32.4. The summed E-state index contributed by atoms with van der Waals surface area (Å²) < 4.78 is 5.86. The number of carbonyl (C=O) groups excluding carboxylic acids is 1. The van der Waals surface area contributed by atoms with E-state index in [9.17, 15) is 20.4 Å². The predicted molar refractivity (Wildman–Crippen MR) is 117 cm³/mol. The monoisotopic (exact) mass is 430 g/mol. The van der Waals surface area contributed by atoms with E-state index in [1.54, 1.807) is 12.1 Å². The van der Waals surface area contributed by atoms with E-state index < -0.39 is 12.2 Å². The van der Waals surface area contributed by atoms with Gasteiger partial charge in [-0.3, -0.25) is 9.69 Å². The van der Waals surface area contributed by atoms with Gasteiger partial charge in [-0.05, 0) is 48.2 Å². The molecule has 7 nitrogen and oxygen atoms in total. The highest BCUT2D eigenvalue weighted by Gasteiger charge is 2.40. The Bertz CT molecular complexity index is 994. The summed E-state index contributed by atoms with van der Waals surface area (Å²) in [5.41, 5.74) is 3.08. The lowest BCUT2D eigenvalue weighted by Crippen LogP contribution is -2.46. The second-order valence-electron chi connectivity index (χ2n) is 8.48. The first-order chi connectivity index (χ1) is 15.6. The highest BCUT2D eigenvalue weighted by atomic mass is 16.5. The highest BCUT2D eigenvalue weighted by Crippen LogP contribution is 2.29. The number of amides is 1. The first-order valence-electron chi connectivity index (χ1n) is 10.9. The van der Waals surface area contributed by atoms with Gasteiger partial charge in [0.15, 0.2) is 0 Å². The Morgan fingerprint density at radius 3 is 2.19 bits per heavy atom. The number of benzene rings is 2. The predicted octanol–water partition coefficient (Wildman–Crippen LogP) is 2.09. The molecule has 3 atom stereocenters. The van der Waals surface area contributed by atoms with Gasteiger partial charge >= 0.3 is 0 Å². The van der Waals surface area contributed by atoms with Crippen molar-refractivity contribution in [3.8, 4) is 12.1 Å². The average Bonchev–Trinajstić information content (AvgIpc) is 3.60. The van der Waals surface area contributed by atoms with Crippen molar-refractivity contribution in [1.29, 1.82) is 10.5 Å². The number of aliphatic hydroxyl groups is 1. The van der Waals surface area contributed by atoms with Gasteiger partial charge in [-0.25, -0.2) is 0 Å². The molecule has 2 aromatic rings. The second kappa shape index (κ2) is 9.93. The topological polar surface area (TPSA) is 109 Å². The summed E-state index contributed by atoms with van der Waals surface area (Å²) in [7, 11) is 0. The third kappa shape index (κ3) is 5.33. The lowest BCUT2D eigenvalue weighted by Gasteiger charge is -2.31. The number of ether oxygens (including phenoxy) is 1. The van der Waals surface area contributed by atoms with E-state index in [1.807, 2.05) is 36.4 Å². The van der Waals surface area contributed by atoms with Gasteiger partial charge in [0.1, 0.15) is 6.10 Å². The van der Waals surface area contributed by atoms with Crippen LogP contribution in [0.15, 0.2) is 48.5 Å². The molecule has 2 aromatic carbocycles. The fourth-order valence-corrected chi connectivity index (χ4v) is 4.10. The van der Waals surface area contributed by atoms with E-state index >= 15 is 0 Å². The third-order valence-corrected chi connectivity index (χ3v) is 6.03. The number of carbonyl (C=O) groups is 1. The van der Waals surface area contributed by atoms with Gasteiger partial charge in [-0.1, -0.05) is 24.3 Å². The first kappa shape index (κ1) is 22.0. The molecule has 1 heterocycles. The van der Waals surface area contributed by atoms with Crippen LogP contribution in [0.3, 0.4) is 0 Å². The van der Waals surface area contributed by atoms with Crippen LogP contribution in [0.5, 0.6) is 0 Å². The maximum atomic E-state index is 12.0. The van der Waals surface area contributed by atoms with Gasteiger partial charge < -0.3 is 15.2 Å². The molecule has 2 N–H and O–H groups in total. The Kier molecular flexibility index (Phi) is 6.82. The number of aliphatic hydroxyl groups excluding tert-OH is 1. The number of nitriles is 2. The van der Waals surface area contributed by atoms with Crippen molar-refractivity contribution in [2.24, 2.45) is 5.92 Å². The number of hydrogen-bond donors (Lipinski definition) is 2. The summed E-state index contributed by atoms with van der Waals surface area (Å²) in [5.74, 6) is 0.142. The maximum absolute atomic E-state index is 12.0. The van der Waals surface area contributed by atoms with Crippen molar-refractivity contribution in [3.63, 3.8) is 0 Å². The molecule has 1 saturated carbocycles. The zero-order chi connectivity index (χ0) is 22.5. The average molecular weight is 431 g/mol.